The number of carbonyl (C=O) groups is 1. The van der Waals surface area contributed by atoms with Crippen LogP contribution in [0.5, 0.6) is 11.5 Å². The van der Waals surface area contributed by atoms with Gasteiger partial charge < -0.3 is 9.47 Å². The number of rotatable bonds is 7. The number of hydrogen-bond donors (Lipinski definition) is 0. The molecule has 0 atom stereocenters. The lowest BCUT2D eigenvalue weighted by atomic mass is 10.1. The molecule has 0 saturated heterocycles. The van der Waals surface area contributed by atoms with Crippen LogP contribution in [-0.2, 0) is 17.8 Å². The minimum absolute atomic E-state index is 0.266. The fourth-order valence-electron chi connectivity index (χ4n) is 2.42. The van der Waals surface area contributed by atoms with Crippen molar-refractivity contribution in [2.24, 2.45) is 0 Å². The number of hydrogen-bond acceptors (Lipinski definition) is 3. The molecule has 132 valence electrons. The molecule has 4 heteroatoms. The molecule has 0 spiro atoms. The Morgan fingerprint density at radius 1 is 0.769 bits per heavy atom. The predicted molar refractivity (Wildman–Crippen MR) is 103 cm³/mol. The minimum atomic E-state index is -0.266. The summed E-state index contributed by atoms with van der Waals surface area (Å²) < 4.78 is 11.1. The molecule has 0 radical (unpaired) electrons. The van der Waals surface area contributed by atoms with E-state index >= 15 is 0 Å². The minimum Gasteiger partial charge on any atom is -0.489 e. The largest absolute Gasteiger partial charge is 0.489 e. The summed E-state index contributed by atoms with van der Waals surface area (Å²) in [6.45, 7) is 0.501. The van der Waals surface area contributed by atoms with Crippen molar-refractivity contribution in [3.05, 3.63) is 95.0 Å². The third kappa shape index (κ3) is 5.64. The molecule has 0 aromatic heterocycles. The van der Waals surface area contributed by atoms with E-state index in [4.69, 9.17) is 21.1 Å². The second kappa shape index (κ2) is 9.07. The molecule has 3 nitrogen and oxygen atoms in total. The third-order valence-corrected chi connectivity index (χ3v) is 4.09. The van der Waals surface area contributed by atoms with E-state index in [1.165, 1.54) is 0 Å². The molecule has 0 amide bonds. The number of esters is 1. The number of benzene rings is 3. The van der Waals surface area contributed by atoms with Gasteiger partial charge in [-0.25, -0.2) is 0 Å². The van der Waals surface area contributed by atoms with Crippen LogP contribution < -0.4 is 9.47 Å². The Hall–Kier alpha value is -2.78. The number of carbonyl (C=O) groups excluding carboxylic acids is 1. The fraction of sp³-hybridized carbons (Fsp3) is 0.136. The summed E-state index contributed by atoms with van der Waals surface area (Å²) in [7, 11) is 0. The summed E-state index contributed by atoms with van der Waals surface area (Å²) in [4.78, 5) is 12.0. The SMILES string of the molecule is O=C(CCc1ccc(Cl)cc1)Oc1ccc(OCc2ccccc2)cc1. The molecule has 0 N–H and O–H groups in total. The van der Waals surface area contributed by atoms with Gasteiger partial charge in [-0.05, 0) is 53.9 Å². The maximum Gasteiger partial charge on any atom is 0.311 e. The lowest BCUT2D eigenvalue weighted by molar-refractivity contribution is -0.134. The summed E-state index contributed by atoms with van der Waals surface area (Å²) in [5.74, 6) is 0.978. The first-order chi connectivity index (χ1) is 12.7. The molecule has 0 unspecified atom stereocenters. The summed E-state index contributed by atoms with van der Waals surface area (Å²) in [5, 5.41) is 0.686. The molecule has 0 aliphatic carbocycles. The van der Waals surface area contributed by atoms with Gasteiger partial charge >= 0.3 is 5.97 Å². The molecule has 3 aromatic carbocycles. The molecule has 26 heavy (non-hydrogen) atoms. The maximum absolute atomic E-state index is 12.0. The van der Waals surface area contributed by atoms with Gasteiger partial charge in [-0.15, -0.1) is 0 Å². The summed E-state index contributed by atoms with van der Waals surface area (Å²) in [6, 6.07) is 24.5. The second-order valence-electron chi connectivity index (χ2n) is 5.85. The highest BCUT2D eigenvalue weighted by Crippen LogP contribution is 2.19. The number of halogens is 1. The van der Waals surface area contributed by atoms with Gasteiger partial charge in [-0.1, -0.05) is 54.1 Å². The van der Waals surface area contributed by atoms with Crippen LogP contribution in [-0.4, -0.2) is 5.97 Å². The van der Waals surface area contributed by atoms with Crippen LogP contribution in [0.3, 0.4) is 0 Å². The van der Waals surface area contributed by atoms with E-state index in [0.717, 1.165) is 16.9 Å². The zero-order valence-electron chi connectivity index (χ0n) is 14.2. The fourth-order valence-corrected chi connectivity index (χ4v) is 2.55. The normalized spacial score (nSPS) is 10.3. The van der Waals surface area contributed by atoms with Gasteiger partial charge in [0, 0.05) is 11.4 Å². The topological polar surface area (TPSA) is 35.5 Å². The molecule has 0 saturated carbocycles. The van der Waals surface area contributed by atoms with Crippen LogP contribution in [0.2, 0.25) is 5.02 Å². The van der Waals surface area contributed by atoms with E-state index in [9.17, 15) is 4.79 Å². The van der Waals surface area contributed by atoms with Crippen molar-refractivity contribution in [2.45, 2.75) is 19.4 Å². The highest BCUT2D eigenvalue weighted by molar-refractivity contribution is 6.30. The Balaban J connectivity index is 1.45. The van der Waals surface area contributed by atoms with Gasteiger partial charge in [0.15, 0.2) is 0 Å². The van der Waals surface area contributed by atoms with Gasteiger partial charge in [-0.3, -0.25) is 4.79 Å². The highest BCUT2D eigenvalue weighted by atomic mass is 35.5. The van der Waals surface area contributed by atoms with Gasteiger partial charge in [0.2, 0.25) is 0 Å². The quantitative estimate of drug-likeness (QED) is 0.411. The van der Waals surface area contributed by atoms with Gasteiger partial charge in [0.05, 0.1) is 0 Å². The summed E-state index contributed by atoms with van der Waals surface area (Å²) in [5.41, 5.74) is 2.15. The maximum atomic E-state index is 12.0. The van der Waals surface area contributed by atoms with Gasteiger partial charge in [-0.2, -0.15) is 0 Å². The van der Waals surface area contributed by atoms with E-state index in [1.807, 2.05) is 54.6 Å². The third-order valence-electron chi connectivity index (χ3n) is 3.83. The van der Waals surface area contributed by atoms with E-state index in [1.54, 1.807) is 24.3 Å². The van der Waals surface area contributed by atoms with E-state index < -0.39 is 0 Å². The molecule has 3 aromatic rings. The monoisotopic (exact) mass is 366 g/mol. The van der Waals surface area contributed by atoms with Crippen molar-refractivity contribution in [3.63, 3.8) is 0 Å². The zero-order valence-corrected chi connectivity index (χ0v) is 15.0. The van der Waals surface area contributed by atoms with Crippen molar-refractivity contribution in [1.82, 2.24) is 0 Å². The Labute approximate surface area is 158 Å². The average Bonchev–Trinajstić information content (AvgIpc) is 2.68. The standard InChI is InChI=1S/C22H19ClO3/c23-19-9-6-17(7-10-19)8-15-22(24)26-21-13-11-20(12-14-21)25-16-18-4-2-1-3-5-18/h1-7,9-14H,8,15-16H2. The summed E-state index contributed by atoms with van der Waals surface area (Å²) in [6.07, 6.45) is 0.933. The Morgan fingerprint density at radius 3 is 2.12 bits per heavy atom. The van der Waals surface area contributed by atoms with Crippen LogP contribution in [0, 0.1) is 0 Å². The number of ether oxygens (including phenoxy) is 2. The molecule has 0 aliphatic heterocycles. The first kappa shape index (κ1) is 18.0. The first-order valence-electron chi connectivity index (χ1n) is 8.41. The second-order valence-corrected chi connectivity index (χ2v) is 6.28. The Bertz CT molecular complexity index is 828. The predicted octanol–water partition coefficient (Wildman–Crippen LogP) is 5.46. The smallest absolute Gasteiger partial charge is 0.311 e. The van der Waals surface area contributed by atoms with Crippen LogP contribution >= 0.6 is 11.6 Å². The van der Waals surface area contributed by atoms with Crippen molar-refractivity contribution >= 4 is 17.6 Å². The average molecular weight is 367 g/mol. The zero-order chi connectivity index (χ0) is 18.2. The summed E-state index contributed by atoms with van der Waals surface area (Å²) >= 11 is 5.85. The molecule has 0 heterocycles. The lowest BCUT2D eigenvalue weighted by Gasteiger charge is -2.08. The molecule has 0 fully saturated rings. The Kier molecular flexibility index (Phi) is 6.29. The van der Waals surface area contributed by atoms with Crippen molar-refractivity contribution < 1.29 is 14.3 Å². The van der Waals surface area contributed by atoms with Gasteiger partial charge in [0.25, 0.3) is 0 Å². The van der Waals surface area contributed by atoms with Crippen molar-refractivity contribution in [1.29, 1.82) is 0 Å². The van der Waals surface area contributed by atoms with E-state index in [2.05, 4.69) is 0 Å². The van der Waals surface area contributed by atoms with Crippen molar-refractivity contribution in [2.75, 3.05) is 0 Å². The van der Waals surface area contributed by atoms with Crippen LogP contribution in [0.25, 0.3) is 0 Å². The Morgan fingerprint density at radius 2 is 1.42 bits per heavy atom. The lowest BCUT2D eigenvalue weighted by Crippen LogP contribution is -2.09. The number of aryl methyl sites for hydroxylation is 1. The van der Waals surface area contributed by atoms with Crippen molar-refractivity contribution in [3.8, 4) is 11.5 Å². The molecule has 0 aliphatic rings. The van der Waals surface area contributed by atoms with Crippen LogP contribution in [0.15, 0.2) is 78.9 Å². The first-order valence-corrected chi connectivity index (χ1v) is 8.79. The molecule has 0 bridgehead atoms. The van der Waals surface area contributed by atoms with Crippen LogP contribution in [0.1, 0.15) is 17.5 Å². The highest BCUT2D eigenvalue weighted by Gasteiger charge is 2.06. The van der Waals surface area contributed by atoms with Gasteiger partial charge in [0.1, 0.15) is 18.1 Å². The van der Waals surface area contributed by atoms with Crippen LogP contribution in [0.4, 0.5) is 0 Å². The molecule has 3 rings (SSSR count). The molecular weight excluding hydrogens is 348 g/mol. The van der Waals surface area contributed by atoms with E-state index in [-0.39, 0.29) is 5.97 Å². The van der Waals surface area contributed by atoms with E-state index in [0.29, 0.717) is 30.2 Å². The molecular formula is C22H19ClO3.